The third-order valence-electron chi connectivity index (χ3n) is 3.51. The molecule has 0 spiro atoms. The predicted molar refractivity (Wildman–Crippen MR) is 87.8 cm³/mol. The van der Waals surface area contributed by atoms with Gasteiger partial charge in [0.05, 0.1) is 13.2 Å². The van der Waals surface area contributed by atoms with Crippen LogP contribution in [0.3, 0.4) is 0 Å². The monoisotopic (exact) mass is 298 g/mol. The fourth-order valence-corrected chi connectivity index (χ4v) is 2.21. The summed E-state index contributed by atoms with van der Waals surface area (Å²) in [6, 6.07) is 17.1. The average Bonchev–Trinajstić information content (AvgIpc) is 2.56. The van der Waals surface area contributed by atoms with E-state index in [1.807, 2.05) is 54.6 Å². The first-order valence-electron chi connectivity index (χ1n) is 7.39. The van der Waals surface area contributed by atoms with E-state index < -0.39 is 6.04 Å². The summed E-state index contributed by atoms with van der Waals surface area (Å²) in [7, 11) is 1.63. The van der Waals surface area contributed by atoms with Crippen molar-refractivity contribution >= 4 is 5.91 Å². The number of benzene rings is 2. The maximum Gasteiger partial charge on any atom is 0.237 e. The van der Waals surface area contributed by atoms with Crippen molar-refractivity contribution in [1.29, 1.82) is 0 Å². The van der Waals surface area contributed by atoms with Crippen LogP contribution < -0.4 is 15.8 Å². The summed E-state index contributed by atoms with van der Waals surface area (Å²) in [4.78, 5) is 12.0. The van der Waals surface area contributed by atoms with Gasteiger partial charge in [0.25, 0.3) is 0 Å². The van der Waals surface area contributed by atoms with Crippen molar-refractivity contribution in [3.8, 4) is 5.75 Å². The Morgan fingerprint density at radius 1 is 1.09 bits per heavy atom. The Labute approximate surface area is 131 Å². The lowest BCUT2D eigenvalue weighted by atomic mass is 10.1. The van der Waals surface area contributed by atoms with E-state index in [1.165, 1.54) is 5.56 Å². The quantitative estimate of drug-likeness (QED) is 0.821. The number of carbonyl (C=O) groups is 1. The largest absolute Gasteiger partial charge is 0.497 e. The van der Waals surface area contributed by atoms with Gasteiger partial charge in [-0.05, 0) is 36.1 Å². The molecule has 2 aromatic rings. The molecule has 0 aliphatic rings. The first-order chi connectivity index (χ1) is 10.7. The van der Waals surface area contributed by atoms with Crippen molar-refractivity contribution in [3.05, 3.63) is 65.7 Å². The molecular formula is C18H22N2O2. The van der Waals surface area contributed by atoms with Crippen molar-refractivity contribution < 1.29 is 9.53 Å². The molecule has 0 aliphatic carbocycles. The number of rotatable bonds is 7. The molecule has 0 heterocycles. The first kappa shape index (κ1) is 16.0. The molecule has 4 nitrogen and oxygen atoms in total. The number of hydrogen-bond acceptors (Lipinski definition) is 3. The van der Waals surface area contributed by atoms with Crippen LogP contribution in [-0.2, 0) is 17.6 Å². The minimum Gasteiger partial charge on any atom is -0.497 e. The maximum atomic E-state index is 12.0. The minimum absolute atomic E-state index is 0.119. The molecule has 22 heavy (non-hydrogen) atoms. The van der Waals surface area contributed by atoms with E-state index in [1.54, 1.807) is 7.11 Å². The number of hydrogen-bond donors (Lipinski definition) is 2. The van der Waals surface area contributed by atoms with Gasteiger partial charge in [-0.3, -0.25) is 4.79 Å². The lowest BCUT2D eigenvalue weighted by Gasteiger charge is -2.12. The highest BCUT2D eigenvalue weighted by Gasteiger charge is 2.13. The normalized spacial score (nSPS) is 11.7. The fourth-order valence-electron chi connectivity index (χ4n) is 2.21. The molecule has 0 unspecified atom stereocenters. The van der Waals surface area contributed by atoms with Crippen LogP contribution in [-0.4, -0.2) is 25.6 Å². The van der Waals surface area contributed by atoms with Gasteiger partial charge < -0.3 is 15.8 Å². The second kappa shape index (κ2) is 8.20. The second-order valence-corrected chi connectivity index (χ2v) is 5.19. The summed E-state index contributed by atoms with van der Waals surface area (Å²) in [5.74, 6) is 0.677. The van der Waals surface area contributed by atoms with E-state index in [0.717, 1.165) is 17.7 Å². The lowest BCUT2D eigenvalue weighted by Crippen LogP contribution is -2.42. The van der Waals surface area contributed by atoms with Crippen molar-refractivity contribution in [2.75, 3.05) is 13.7 Å². The van der Waals surface area contributed by atoms with Gasteiger partial charge in [0.2, 0.25) is 5.91 Å². The van der Waals surface area contributed by atoms with Gasteiger partial charge in [-0.1, -0.05) is 42.5 Å². The molecule has 0 aromatic heterocycles. The molecule has 0 saturated heterocycles. The van der Waals surface area contributed by atoms with Crippen LogP contribution in [0, 0.1) is 0 Å². The third-order valence-corrected chi connectivity index (χ3v) is 3.51. The number of carbonyl (C=O) groups excluding carboxylic acids is 1. The number of nitrogens with two attached hydrogens (primary N) is 1. The molecule has 0 bridgehead atoms. The highest BCUT2D eigenvalue weighted by molar-refractivity contribution is 5.81. The van der Waals surface area contributed by atoms with E-state index >= 15 is 0 Å². The predicted octanol–water partition coefficient (Wildman–Crippen LogP) is 1.92. The Morgan fingerprint density at radius 2 is 1.77 bits per heavy atom. The number of nitrogens with one attached hydrogen (secondary N) is 1. The molecule has 0 fully saturated rings. The Kier molecular flexibility index (Phi) is 5.98. The molecule has 4 heteroatoms. The lowest BCUT2D eigenvalue weighted by molar-refractivity contribution is -0.122. The molecule has 116 valence electrons. The molecule has 2 rings (SSSR count). The van der Waals surface area contributed by atoms with Crippen LogP contribution >= 0.6 is 0 Å². The van der Waals surface area contributed by atoms with Crippen LogP contribution in [0.25, 0.3) is 0 Å². The van der Waals surface area contributed by atoms with E-state index in [2.05, 4.69) is 5.32 Å². The Hall–Kier alpha value is -2.33. The highest BCUT2D eigenvalue weighted by Crippen LogP contribution is 2.12. The molecular weight excluding hydrogens is 276 g/mol. The molecule has 0 saturated carbocycles. The molecule has 0 aliphatic heterocycles. The van der Waals surface area contributed by atoms with Crippen molar-refractivity contribution in [1.82, 2.24) is 5.32 Å². The summed E-state index contributed by atoms with van der Waals surface area (Å²) >= 11 is 0. The van der Waals surface area contributed by atoms with Crippen LogP contribution in [0.1, 0.15) is 11.1 Å². The van der Waals surface area contributed by atoms with Crippen LogP contribution in [0.2, 0.25) is 0 Å². The van der Waals surface area contributed by atoms with E-state index in [-0.39, 0.29) is 5.91 Å². The smallest absolute Gasteiger partial charge is 0.237 e. The SMILES string of the molecule is COc1ccc(C[C@@H](N)C(=O)NCCc2ccccc2)cc1. The second-order valence-electron chi connectivity index (χ2n) is 5.19. The zero-order valence-corrected chi connectivity index (χ0v) is 12.8. The van der Waals surface area contributed by atoms with Crippen molar-refractivity contribution in [2.45, 2.75) is 18.9 Å². The van der Waals surface area contributed by atoms with Gasteiger partial charge in [0, 0.05) is 6.54 Å². The fraction of sp³-hybridized carbons (Fsp3) is 0.278. The van der Waals surface area contributed by atoms with E-state index in [0.29, 0.717) is 13.0 Å². The number of amides is 1. The van der Waals surface area contributed by atoms with Gasteiger partial charge in [-0.2, -0.15) is 0 Å². The van der Waals surface area contributed by atoms with Gasteiger partial charge in [-0.15, -0.1) is 0 Å². The summed E-state index contributed by atoms with van der Waals surface area (Å²) in [6.07, 6.45) is 1.32. The van der Waals surface area contributed by atoms with Gasteiger partial charge in [0.15, 0.2) is 0 Å². The molecule has 1 amide bonds. The summed E-state index contributed by atoms with van der Waals surface area (Å²) in [5.41, 5.74) is 8.18. The molecule has 3 N–H and O–H groups in total. The zero-order valence-electron chi connectivity index (χ0n) is 12.8. The maximum absolute atomic E-state index is 12.0. The van der Waals surface area contributed by atoms with Gasteiger partial charge in [-0.25, -0.2) is 0 Å². The van der Waals surface area contributed by atoms with Crippen LogP contribution in [0.5, 0.6) is 5.75 Å². The molecule has 1 atom stereocenters. The summed E-state index contributed by atoms with van der Waals surface area (Å²) in [6.45, 7) is 0.596. The number of methoxy groups -OCH3 is 1. The highest BCUT2D eigenvalue weighted by atomic mass is 16.5. The Bertz CT molecular complexity index is 582. The Balaban J connectivity index is 1.76. The van der Waals surface area contributed by atoms with Gasteiger partial charge in [0.1, 0.15) is 5.75 Å². The Morgan fingerprint density at radius 3 is 2.41 bits per heavy atom. The van der Waals surface area contributed by atoms with Crippen molar-refractivity contribution in [2.24, 2.45) is 5.73 Å². The third kappa shape index (κ3) is 4.90. The molecule has 0 radical (unpaired) electrons. The van der Waals surface area contributed by atoms with Crippen molar-refractivity contribution in [3.63, 3.8) is 0 Å². The summed E-state index contributed by atoms with van der Waals surface area (Å²) in [5, 5.41) is 2.89. The number of ether oxygens (including phenoxy) is 1. The van der Waals surface area contributed by atoms with Gasteiger partial charge >= 0.3 is 0 Å². The average molecular weight is 298 g/mol. The van der Waals surface area contributed by atoms with Crippen LogP contribution in [0.15, 0.2) is 54.6 Å². The molecule has 2 aromatic carbocycles. The first-order valence-corrected chi connectivity index (χ1v) is 7.39. The van der Waals surface area contributed by atoms with Crippen LogP contribution in [0.4, 0.5) is 0 Å². The summed E-state index contributed by atoms with van der Waals surface area (Å²) < 4.78 is 5.11. The van der Waals surface area contributed by atoms with E-state index in [4.69, 9.17) is 10.5 Å². The standard InChI is InChI=1S/C18H22N2O2/c1-22-16-9-7-15(8-10-16)13-17(19)18(21)20-12-11-14-5-3-2-4-6-14/h2-10,17H,11-13,19H2,1H3,(H,20,21)/t17-/m1/s1. The van der Waals surface area contributed by atoms with E-state index in [9.17, 15) is 4.79 Å². The zero-order chi connectivity index (χ0) is 15.8. The minimum atomic E-state index is -0.538. The topological polar surface area (TPSA) is 64.3 Å².